The summed E-state index contributed by atoms with van der Waals surface area (Å²) in [6.07, 6.45) is 2.17. The Morgan fingerprint density at radius 3 is 2.41 bits per heavy atom. The molecule has 0 heterocycles. The molecule has 192 valence electrons. The number of benzene rings is 1. The summed E-state index contributed by atoms with van der Waals surface area (Å²) in [6.45, 7) is 10.3. The molecule has 2 unspecified atom stereocenters. The maximum absolute atomic E-state index is 13.7. The topological polar surface area (TPSA) is 99.8 Å². The molecule has 0 aliphatic rings. The summed E-state index contributed by atoms with van der Waals surface area (Å²) in [4.78, 5) is 38.1. The van der Waals surface area contributed by atoms with Gasteiger partial charge in [-0.2, -0.15) is 0 Å². The Labute approximate surface area is 203 Å². The van der Waals surface area contributed by atoms with Crippen LogP contribution >= 0.6 is 0 Å². The average Bonchev–Trinajstić information content (AvgIpc) is 2.79. The van der Waals surface area contributed by atoms with E-state index in [1.165, 1.54) is 17.0 Å². The summed E-state index contributed by atoms with van der Waals surface area (Å²) in [5.41, 5.74) is 0.948. The number of amides is 3. The van der Waals surface area contributed by atoms with Crippen LogP contribution in [0.4, 0.5) is 4.39 Å². The molecule has 34 heavy (non-hydrogen) atoms. The molecule has 0 saturated heterocycles. The van der Waals surface area contributed by atoms with E-state index in [0.29, 0.717) is 18.8 Å². The molecule has 0 aliphatic heterocycles. The van der Waals surface area contributed by atoms with Gasteiger partial charge in [0.1, 0.15) is 17.7 Å². The van der Waals surface area contributed by atoms with Crippen molar-refractivity contribution in [3.63, 3.8) is 0 Å². The smallest absolute Gasteiger partial charge is 0.240 e. The highest BCUT2D eigenvalue weighted by Gasteiger charge is 2.28. The molecule has 3 atom stereocenters. The predicted octanol–water partition coefficient (Wildman–Crippen LogP) is 2.26. The van der Waals surface area contributed by atoms with Crippen LogP contribution < -0.4 is 20.7 Å². The van der Waals surface area contributed by atoms with Crippen molar-refractivity contribution in [3.05, 3.63) is 29.6 Å². The van der Waals surface area contributed by atoms with Gasteiger partial charge in [-0.15, -0.1) is 0 Å². The van der Waals surface area contributed by atoms with Gasteiger partial charge in [-0.25, -0.2) is 4.39 Å². The lowest BCUT2D eigenvalue weighted by atomic mass is 9.97. The molecule has 0 spiro atoms. The minimum Gasteiger partial charge on any atom is -0.489 e. The second-order valence-electron chi connectivity index (χ2n) is 8.63. The highest BCUT2D eigenvalue weighted by molar-refractivity contribution is 5.89. The molecule has 0 bridgehead atoms. The second-order valence-corrected chi connectivity index (χ2v) is 8.63. The van der Waals surface area contributed by atoms with Crippen molar-refractivity contribution in [2.75, 3.05) is 33.2 Å². The molecular weight excluding hydrogens is 439 g/mol. The molecule has 0 radical (unpaired) electrons. The molecule has 8 nitrogen and oxygen atoms in total. The van der Waals surface area contributed by atoms with Gasteiger partial charge in [0.05, 0.1) is 19.1 Å². The van der Waals surface area contributed by atoms with Crippen molar-refractivity contribution < 1.29 is 23.5 Å². The van der Waals surface area contributed by atoms with Gasteiger partial charge in [-0.1, -0.05) is 39.7 Å². The van der Waals surface area contributed by atoms with E-state index in [2.05, 4.69) is 22.9 Å². The molecule has 0 saturated carbocycles. The minimum atomic E-state index is -0.514. The van der Waals surface area contributed by atoms with Gasteiger partial charge in [0.25, 0.3) is 0 Å². The Bertz CT molecular complexity index is 805. The molecule has 0 aromatic heterocycles. The lowest BCUT2D eigenvalue weighted by Gasteiger charge is -2.29. The van der Waals surface area contributed by atoms with Crippen LogP contribution in [0.1, 0.15) is 53.0 Å². The van der Waals surface area contributed by atoms with Crippen LogP contribution in [0.15, 0.2) is 18.2 Å². The number of nitrogens with one attached hydrogen (secondary N) is 3. The van der Waals surface area contributed by atoms with E-state index in [-0.39, 0.29) is 42.7 Å². The predicted molar refractivity (Wildman–Crippen MR) is 131 cm³/mol. The molecule has 3 N–H and O–H groups in total. The van der Waals surface area contributed by atoms with Crippen LogP contribution in [0.5, 0.6) is 5.75 Å². The minimum absolute atomic E-state index is 0.0189. The first-order valence-corrected chi connectivity index (χ1v) is 12.1. The molecule has 1 rings (SSSR count). The Morgan fingerprint density at radius 1 is 1.09 bits per heavy atom. The van der Waals surface area contributed by atoms with Crippen molar-refractivity contribution in [3.8, 4) is 5.75 Å². The van der Waals surface area contributed by atoms with E-state index >= 15 is 0 Å². The quantitative estimate of drug-likeness (QED) is 0.358. The number of likely N-dealkylation sites (N-methyl/N-ethyl adjacent to an activating group) is 2. The van der Waals surface area contributed by atoms with Gasteiger partial charge >= 0.3 is 0 Å². The lowest BCUT2D eigenvalue weighted by molar-refractivity contribution is -0.137. The third kappa shape index (κ3) is 10.1. The Kier molecular flexibility index (Phi) is 13.2. The fourth-order valence-corrected chi connectivity index (χ4v) is 3.46. The molecule has 0 aliphatic carbocycles. The average molecular weight is 481 g/mol. The highest BCUT2D eigenvalue weighted by Crippen LogP contribution is 2.23. The third-order valence-electron chi connectivity index (χ3n) is 5.56. The Hall–Kier alpha value is -2.68. The summed E-state index contributed by atoms with van der Waals surface area (Å²) < 4.78 is 19.7. The zero-order valence-corrected chi connectivity index (χ0v) is 21.4. The van der Waals surface area contributed by atoms with Crippen molar-refractivity contribution in [1.82, 2.24) is 20.9 Å². The maximum Gasteiger partial charge on any atom is 0.240 e. The first kappa shape index (κ1) is 29.4. The first-order chi connectivity index (χ1) is 16.1. The summed E-state index contributed by atoms with van der Waals surface area (Å²) in [7, 11) is 1.56. The van der Waals surface area contributed by atoms with Gasteiger partial charge in [0.2, 0.25) is 17.7 Å². The molecule has 3 amide bonds. The van der Waals surface area contributed by atoms with Crippen molar-refractivity contribution in [1.29, 1.82) is 0 Å². The van der Waals surface area contributed by atoms with Crippen molar-refractivity contribution >= 4 is 17.7 Å². The standard InChI is InChI=1S/C25H41FN4O4/c1-7-10-19-11-12-20(26)13-21(19)34-18(5)14-29-24(17(4)8-2)25(33)30(6)16-23(32)28-15-22(31)27-9-3/h11-13,17-18,24,29H,7-10,14-16H2,1-6H3,(H,27,31)(H,28,32)/t17?,18-,24?/m1/s1. The number of carbonyl (C=O) groups excluding carboxylic acids is 3. The van der Waals surface area contributed by atoms with E-state index in [4.69, 9.17) is 4.74 Å². The summed E-state index contributed by atoms with van der Waals surface area (Å²) >= 11 is 0. The molecule has 0 fully saturated rings. The fourth-order valence-electron chi connectivity index (χ4n) is 3.46. The lowest BCUT2D eigenvalue weighted by Crippen LogP contribution is -2.52. The first-order valence-electron chi connectivity index (χ1n) is 12.1. The van der Waals surface area contributed by atoms with Crippen LogP contribution in [0.3, 0.4) is 0 Å². The van der Waals surface area contributed by atoms with E-state index in [9.17, 15) is 18.8 Å². The van der Waals surface area contributed by atoms with Crippen LogP contribution in [-0.4, -0.2) is 68.0 Å². The summed E-state index contributed by atoms with van der Waals surface area (Å²) in [5, 5.41) is 8.39. The number of halogens is 1. The summed E-state index contributed by atoms with van der Waals surface area (Å²) in [6, 6.07) is 4.05. The normalized spacial score (nSPS) is 13.5. The Morgan fingerprint density at radius 2 is 1.79 bits per heavy atom. The van der Waals surface area contributed by atoms with Gasteiger partial charge in [-0.3, -0.25) is 14.4 Å². The third-order valence-corrected chi connectivity index (χ3v) is 5.56. The van der Waals surface area contributed by atoms with Gasteiger partial charge in [0.15, 0.2) is 0 Å². The maximum atomic E-state index is 13.7. The number of hydrogen-bond donors (Lipinski definition) is 3. The fraction of sp³-hybridized carbons (Fsp3) is 0.640. The zero-order chi connectivity index (χ0) is 25.7. The molecule has 1 aromatic carbocycles. The number of nitrogens with zero attached hydrogens (tertiary/aromatic N) is 1. The molecule has 1 aromatic rings. The van der Waals surface area contributed by atoms with Gasteiger partial charge < -0.3 is 25.6 Å². The van der Waals surface area contributed by atoms with E-state index in [1.54, 1.807) is 20.0 Å². The summed E-state index contributed by atoms with van der Waals surface area (Å²) in [5.74, 6) is -0.717. The van der Waals surface area contributed by atoms with E-state index in [1.807, 2.05) is 20.8 Å². The van der Waals surface area contributed by atoms with E-state index in [0.717, 1.165) is 24.8 Å². The number of hydrogen-bond acceptors (Lipinski definition) is 5. The van der Waals surface area contributed by atoms with E-state index < -0.39 is 11.9 Å². The monoisotopic (exact) mass is 480 g/mol. The second kappa shape index (κ2) is 15.3. The number of carbonyl (C=O) groups is 3. The van der Waals surface area contributed by atoms with Crippen LogP contribution in [-0.2, 0) is 20.8 Å². The number of ether oxygens (including phenoxy) is 1. The van der Waals surface area contributed by atoms with Crippen LogP contribution in [0.25, 0.3) is 0 Å². The van der Waals surface area contributed by atoms with Crippen molar-refractivity contribution in [2.24, 2.45) is 5.92 Å². The number of aryl methyl sites for hydroxylation is 1. The molecule has 9 heteroatoms. The van der Waals surface area contributed by atoms with Crippen molar-refractivity contribution in [2.45, 2.75) is 66.0 Å². The zero-order valence-electron chi connectivity index (χ0n) is 21.4. The highest BCUT2D eigenvalue weighted by atomic mass is 19.1. The number of rotatable bonds is 15. The SMILES string of the molecule is CCCc1ccc(F)cc1O[C@H](C)CNC(C(=O)N(C)CC(=O)NCC(=O)NCC)C(C)CC. The Balaban J connectivity index is 2.71. The molecular formula is C25H41FN4O4. The van der Waals surface area contributed by atoms with Crippen LogP contribution in [0, 0.1) is 11.7 Å². The van der Waals surface area contributed by atoms with Gasteiger partial charge in [0, 0.05) is 26.2 Å². The largest absolute Gasteiger partial charge is 0.489 e. The van der Waals surface area contributed by atoms with Crippen LogP contribution in [0.2, 0.25) is 0 Å². The van der Waals surface area contributed by atoms with Gasteiger partial charge in [-0.05, 0) is 37.8 Å².